The number of thiocarbonyl (C=S) groups is 1. The summed E-state index contributed by atoms with van der Waals surface area (Å²) in [5, 5.41) is 3.97. The summed E-state index contributed by atoms with van der Waals surface area (Å²) in [6.45, 7) is 2.92. The highest BCUT2D eigenvalue weighted by atomic mass is 32.1. The molecule has 102 valence electrons. The molecule has 1 fully saturated rings. The van der Waals surface area contributed by atoms with Crippen molar-refractivity contribution in [2.24, 2.45) is 5.92 Å². The zero-order valence-electron chi connectivity index (χ0n) is 11.2. The summed E-state index contributed by atoms with van der Waals surface area (Å²) < 4.78 is 5.72. The third-order valence-corrected chi connectivity index (χ3v) is 4.27. The molecule has 1 heterocycles. The molecule has 1 aliphatic heterocycles. The number of nitrogens with zero attached hydrogens (tertiary/aromatic N) is 1. The van der Waals surface area contributed by atoms with E-state index in [9.17, 15) is 0 Å². The number of allylic oxidation sites excluding steroid dienone is 2. The van der Waals surface area contributed by atoms with Gasteiger partial charge in [0, 0.05) is 26.7 Å². The lowest BCUT2D eigenvalue weighted by atomic mass is 9.94. The Hall–Kier alpha value is -0.610. The van der Waals surface area contributed by atoms with Crippen molar-refractivity contribution in [3.05, 3.63) is 12.2 Å². The average Bonchev–Trinajstić information content (AvgIpc) is 2.91. The number of hydrogen-bond donors (Lipinski definition) is 1. The molecule has 0 unspecified atom stereocenters. The Kier molecular flexibility index (Phi) is 5.45. The van der Waals surface area contributed by atoms with Crippen LogP contribution in [0.4, 0.5) is 0 Å². The summed E-state index contributed by atoms with van der Waals surface area (Å²) in [5.41, 5.74) is 0. The number of rotatable bonds is 4. The smallest absolute Gasteiger partial charge is 0.168 e. The molecule has 2 atom stereocenters. The maximum absolute atomic E-state index is 5.72. The second kappa shape index (κ2) is 7.10. The van der Waals surface area contributed by atoms with Crippen molar-refractivity contribution in [3.8, 4) is 0 Å². The van der Waals surface area contributed by atoms with E-state index >= 15 is 0 Å². The predicted molar refractivity (Wildman–Crippen MR) is 78.7 cm³/mol. The van der Waals surface area contributed by atoms with Gasteiger partial charge in [-0.1, -0.05) is 12.2 Å². The summed E-state index contributed by atoms with van der Waals surface area (Å²) in [6.07, 6.45) is 11.0. The highest BCUT2D eigenvalue weighted by Crippen LogP contribution is 2.21. The van der Waals surface area contributed by atoms with Crippen LogP contribution < -0.4 is 5.32 Å². The molecule has 1 aliphatic carbocycles. The Morgan fingerprint density at radius 1 is 1.39 bits per heavy atom. The summed E-state index contributed by atoms with van der Waals surface area (Å²) in [5.74, 6) is 0.739. The van der Waals surface area contributed by atoms with Crippen LogP contribution in [-0.4, -0.2) is 42.9 Å². The topological polar surface area (TPSA) is 24.5 Å². The Morgan fingerprint density at radius 3 is 2.89 bits per heavy atom. The van der Waals surface area contributed by atoms with Gasteiger partial charge in [-0.2, -0.15) is 0 Å². The van der Waals surface area contributed by atoms with Gasteiger partial charge < -0.3 is 15.0 Å². The summed E-state index contributed by atoms with van der Waals surface area (Å²) in [7, 11) is 1.91. The molecule has 0 bridgehead atoms. The van der Waals surface area contributed by atoms with Gasteiger partial charge in [0.1, 0.15) is 0 Å². The Bertz CT molecular complexity index is 300. The van der Waals surface area contributed by atoms with Gasteiger partial charge in [-0.15, -0.1) is 0 Å². The lowest BCUT2D eigenvalue weighted by Gasteiger charge is -2.31. The number of nitrogens with one attached hydrogen (secondary N) is 1. The van der Waals surface area contributed by atoms with Gasteiger partial charge in [0.05, 0.1) is 6.10 Å². The minimum Gasteiger partial charge on any atom is -0.376 e. The van der Waals surface area contributed by atoms with Crippen LogP contribution in [0, 0.1) is 5.92 Å². The number of hydrogen-bond acceptors (Lipinski definition) is 2. The van der Waals surface area contributed by atoms with E-state index in [0.717, 1.165) is 30.7 Å². The van der Waals surface area contributed by atoms with Crippen molar-refractivity contribution in [1.29, 1.82) is 0 Å². The molecule has 1 N–H and O–H groups in total. The average molecular weight is 268 g/mol. The highest BCUT2D eigenvalue weighted by molar-refractivity contribution is 7.80. The minimum atomic E-state index is 0.371. The summed E-state index contributed by atoms with van der Waals surface area (Å²) in [6, 6.07) is 0. The van der Waals surface area contributed by atoms with E-state index in [-0.39, 0.29) is 0 Å². The normalized spacial score (nSPS) is 27.2. The number of ether oxygens (including phenoxy) is 1. The zero-order chi connectivity index (χ0) is 12.8. The van der Waals surface area contributed by atoms with Gasteiger partial charge in [-0.25, -0.2) is 0 Å². The van der Waals surface area contributed by atoms with Gasteiger partial charge in [-0.05, 0) is 50.2 Å². The van der Waals surface area contributed by atoms with Crippen molar-refractivity contribution in [1.82, 2.24) is 10.2 Å². The molecule has 3 nitrogen and oxygen atoms in total. The molecular formula is C14H24N2OS. The van der Waals surface area contributed by atoms with E-state index in [4.69, 9.17) is 17.0 Å². The molecule has 4 heteroatoms. The molecule has 0 saturated carbocycles. The van der Waals surface area contributed by atoms with Gasteiger partial charge in [0.2, 0.25) is 0 Å². The van der Waals surface area contributed by atoms with Crippen LogP contribution in [0.3, 0.4) is 0 Å². The molecule has 18 heavy (non-hydrogen) atoms. The fourth-order valence-electron chi connectivity index (χ4n) is 2.77. The molecular weight excluding hydrogens is 244 g/mol. The van der Waals surface area contributed by atoms with Crippen LogP contribution in [-0.2, 0) is 4.74 Å². The minimum absolute atomic E-state index is 0.371. The first-order valence-electron chi connectivity index (χ1n) is 7.03. The first kappa shape index (κ1) is 13.8. The third-order valence-electron chi connectivity index (χ3n) is 3.81. The predicted octanol–water partition coefficient (Wildman–Crippen LogP) is 2.33. The van der Waals surface area contributed by atoms with Crippen LogP contribution in [0.15, 0.2) is 12.2 Å². The first-order chi connectivity index (χ1) is 8.79. The third kappa shape index (κ3) is 3.95. The highest BCUT2D eigenvalue weighted by Gasteiger charge is 2.23. The van der Waals surface area contributed by atoms with Gasteiger partial charge in [0.25, 0.3) is 0 Å². The second-order valence-electron chi connectivity index (χ2n) is 5.25. The summed E-state index contributed by atoms with van der Waals surface area (Å²) in [4.78, 5) is 2.30. The molecule has 2 aliphatic rings. The van der Waals surface area contributed by atoms with Crippen LogP contribution in [0.25, 0.3) is 0 Å². The monoisotopic (exact) mass is 268 g/mol. The van der Waals surface area contributed by atoms with E-state index < -0.39 is 0 Å². The van der Waals surface area contributed by atoms with Crippen LogP contribution in [0.2, 0.25) is 0 Å². The molecule has 0 spiro atoms. The van der Waals surface area contributed by atoms with Gasteiger partial charge in [0.15, 0.2) is 5.11 Å². The maximum atomic E-state index is 5.72. The van der Waals surface area contributed by atoms with Gasteiger partial charge >= 0.3 is 0 Å². The van der Waals surface area contributed by atoms with E-state index in [1.165, 1.54) is 32.1 Å². The van der Waals surface area contributed by atoms with Crippen molar-refractivity contribution in [3.63, 3.8) is 0 Å². The Balaban J connectivity index is 1.87. The molecule has 0 amide bonds. The van der Waals surface area contributed by atoms with E-state index in [0.29, 0.717) is 6.10 Å². The second-order valence-corrected chi connectivity index (χ2v) is 5.63. The molecule has 0 radical (unpaired) electrons. The first-order valence-corrected chi connectivity index (χ1v) is 7.43. The van der Waals surface area contributed by atoms with Crippen molar-refractivity contribution < 1.29 is 4.74 Å². The Morgan fingerprint density at radius 2 is 2.28 bits per heavy atom. The molecule has 0 aromatic rings. The van der Waals surface area contributed by atoms with E-state index in [1.54, 1.807) is 0 Å². The molecule has 0 aromatic carbocycles. The lowest BCUT2D eigenvalue weighted by molar-refractivity contribution is 0.0875. The molecule has 1 saturated heterocycles. The van der Waals surface area contributed by atoms with E-state index in [2.05, 4.69) is 22.4 Å². The Labute approximate surface area is 116 Å². The molecule has 0 aromatic heterocycles. The quantitative estimate of drug-likeness (QED) is 0.625. The van der Waals surface area contributed by atoms with Gasteiger partial charge in [-0.3, -0.25) is 0 Å². The van der Waals surface area contributed by atoms with Crippen LogP contribution in [0.1, 0.15) is 32.1 Å². The SMILES string of the molecule is CNC(=S)N(C[C@@H]1CC=CCC1)C[C@@H]1CCCO1. The van der Waals surface area contributed by atoms with Crippen LogP contribution >= 0.6 is 12.2 Å². The largest absolute Gasteiger partial charge is 0.376 e. The standard InChI is InChI=1S/C14H24N2OS/c1-15-14(18)16(11-13-8-5-9-17-13)10-12-6-3-2-4-7-12/h2-3,12-13H,4-11H2,1H3,(H,15,18)/t12-,13+/m1/s1. The van der Waals surface area contributed by atoms with Crippen LogP contribution in [0.5, 0.6) is 0 Å². The van der Waals surface area contributed by atoms with Crippen molar-refractivity contribution >= 4 is 17.3 Å². The fourth-order valence-corrected chi connectivity index (χ4v) is 2.92. The maximum Gasteiger partial charge on any atom is 0.168 e. The lowest BCUT2D eigenvalue weighted by Crippen LogP contribution is -2.44. The van der Waals surface area contributed by atoms with Crippen molar-refractivity contribution in [2.45, 2.75) is 38.2 Å². The van der Waals surface area contributed by atoms with Crippen molar-refractivity contribution in [2.75, 3.05) is 26.7 Å². The fraction of sp³-hybridized carbons (Fsp3) is 0.786. The van der Waals surface area contributed by atoms with E-state index in [1.807, 2.05) is 7.05 Å². The summed E-state index contributed by atoms with van der Waals surface area (Å²) >= 11 is 5.42. The molecule has 2 rings (SSSR count). The zero-order valence-corrected chi connectivity index (χ0v) is 12.0.